The Morgan fingerprint density at radius 1 is 0.763 bits per heavy atom. The number of nitrogens with one attached hydrogen (secondary N) is 4. The van der Waals surface area contributed by atoms with E-state index in [2.05, 4.69) is 25.6 Å². The van der Waals surface area contributed by atoms with Crippen LogP contribution >= 0.6 is 0 Å². The fourth-order valence-corrected chi connectivity index (χ4v) is 7.77. The van der Waals surface area contributed by atoms with Crippen molar-refractivity contribution in [2.24, 2.45) is 5.92 Å². The van der Waals surface area contributed by atoms with Crippen LogP contribution in [0, 0.1) is 5.92 Å². The first-order valence-electron chi connectivity index (χ1n) is 19.9. The van der Waals surface area contributed by atoms with Crippen molar-refractivity contribution in [3.63, 3.8) is 0 Å². The molecule has 4 atom stereocenters. The molecule has 0 aliphatic carbocycles. The molecule has 4 amide bonds. The van der Waals surface area contributed by atoms with E-state index in [0.29, 0.717) is 42.7 Å². The first kappa shape index (κ1) is 40.8. The summed E-state index contributed by atoms with van der Waals surface area (Å²) < 4.78 is 15.0. The molecule has 2 aromatic carbocycles. The first-order valence-corrected chi connectivity index (χ1v) is 19.9. The SMILES string of the molecule is CCOC[C@H](NC(=O)OC)C(=O)N1CCC[C@H]1c1ncc(-c2ccc(-c3cnc(-c4ccc5nc([C@@H]6CCCN6C(=O)[C@@H](NC(=O)OC)C(C)C)[nH]c5c4)cn3)cc2)[nH]1. The van der Waals surface area contributed by atoms with E-state index in [4.69, 9.17) is 29.2 Å². The fourth-order valence-electron chi connectivity index (χ4n) is 7.77. The standard InChI is InChI=1S/C42H50N10O7/c1-6-59-23-33(49-41(55)57-4)39(53)51-17-7-9-34(51)37-45-22-32(48-37)26-13-11-25(12-14-26)30-20-44-31(21-43-30)27-15-16-28-29(19-27)47-38(46-28)35-10-8-18-52(35)40(54)36(24(2)3)50-42(56)58-5/h11-16,19-22,24,33-36H,6-10,17-18,23H2,1-5H3,(H,45,48)(H,46,47)(H,49,55)(H,50,56)/t33-,34-,35-,36-/m0/s1. The second kappa shape index (κ2) is 18.1. The Bertz CT molecular complexity index is 2270. The molecular weight excluding hydrogens is 757 g/mol. The number of aromatic amines is 2. The smallest absolute Gasteiger partial charge is 0.407 e. The maximum atomic E-state index is 13.6. The van der Waals surface area contributed by atoms with Crippen LogP contribution in [0.25, 0.3) is 44.8 Å². The number of methoxy groups -OCH3 is 2. The number of benzene rings is 2. The predicted molar refractivity (Wildman–Crippen MR) is 218 cm³/mol. The lowest BCUT2D eigenvalue weighted by Crippen LogP contribution is -2.51. The number of aromatic nitrogens is 6. The third-order valence-corrected chi connectivity index (χ3v) is 10.9. The topological polar surface area (TPSA) is 210 Å². The average molecular weight is 807 g/mol. The quantitative estimate of drug-likeness (QED) is 0.116. The number of alkyl carbamates (subject to hydrolysis) is 2. The normalized spacial score (nSPS) is 17.6. The second-order valence-corrected chi connectivity index (χ2v) is 15.0. The number of imidazole rings is 2. The monoisotopic (exact) mass is 806 g/mol. The zero-order chi connectivity index (χ0) is 41.6. The third kappa shape index (κ3) is 8.89. The number of amides is 4. The molecule has 310 valence electrons. The molecule has 0 bridgehead atoms. The Balaban J connectivity index is 1.01. The summed E-state index contributed by atoms with van der Waals surface area (Å²) in [6.07, 6.45) is 7.06. The number of carbonyl (C=O) groups is 4. The van der Waals surface area contributed by atoms with Crippen LogP contribution in [0.3, 0.4) is 0 Å². The van der Waals surface area contributed by atoms with E-state index in [1.807, 2.05) is 63.2 Å². The van der Waals surface area contributed by atoms with E-state index in [1.165, 1.54) is 14.2 Å². The van der Waals surface area contributed by atoms with Gasteiger partial charge >= 0.3 is 12.2 Å². The molecule has 7 rings (SSSR count). The van der Waals surface area contributed by atoms with Crippen LogP contribution in [0.2, 0.25) is 0 Å². The van der Waals surface area contributed by atoms with E-state index in [0.717, 1.165) is 59.1 Å². The van der Waals surface area contributed by atoms with E-state index in [9.17, 15) is 19.2 Å². The van der Waals surface area contributed by atoms with Crippen molar-refractivity contribution in [2.45, 2.75) is 70.6 Å². The number of hydrogen-bond donors (Lipinski definition) is 4. The Kier molecular flexibility index (Phi) is 12.5. The Morgan fingerprint density at radius 3 is 2.02 bits per heavy atom. The molecule has 5 aromatic rings. The zero-order valence-corrected chi connectivity index (χ0v) is 33.9. The highest BCUT2D eigenvalue weighted by Crippen LogP contribution is 2.35. The number of nitrogens with zero attached hydrogens (tertiary/aromatic N) is 6. The second-order valence-electron chi connectivity index (χ2n) is 15.0. The van der Waals surface area contributed by atoms with Crippen LogP contribution < -0.4 is 10.6 Å². The van der Waals surface area contributed by atoms with Gasteiger partial charge in [-0.3, -0.25) is 19.6 Å². The molecule has 0 radical (unpaired) electrons. The number of fused-ring (bicyclic) bond motifs is 1. The maximum absolute atomic E-state index is 13.6. The van der Waals surface area contributed by atoms with Crippen molar-refractivity contribution in [1.82, 2.24) is 50.3 Å². The minimum Gasteiger partial charge on any atom is -0.453 e. The largest absolute Gasteiger partial charge is 0.453 e. The molecule has 2 fully saturated rings. The van der Waals surface area contributed by atoms with Gasteiger partial charge in [0.1, 0.15) is 23.7 Å². The lowest BCUT2D eigenvalue weighted by molar-refractivity contribution is -0.136. The van der Waals surface area contributed by atoms with Crippen LogP contribution in [0.5, 0.6) is 0 Å². The summed E-state index contributed by atoms with van der Waals surface area (Å²) >= 11 is 0. The Labute approximate surface area is 341 Å². The highest BCUT2D eigenvalue weighted by atomic mass is 16.5. The van der Waals surface area contributed by atoms with Gasteiger partial charge in [0.15, 0.2) is 0 Å². The van der Waals surface area contributed by atoms with Crippen LogP contribution in [0.1, 0.15) is 70.2 Å². The van der Waals surface area contributed by atoms with E-state index < -0.39 is 24.3 Å². The van der Waals surface area contributed by atoms with Crippen LogP contribution in [0.15, 0.2) is 61.1 Å². The molecule has 5 heterocycles. The van der Waals surface area contributed by atoms with Crippen molar-refractivity contribution in [2.75, 3.05) is 40.5 Å². The number of likely N-dealkylation sites (tertiary alicyclic amines) is 2. The molecule has 4 N–H and O–H groups in total. The first-order chi connectivity index (χ1) is 28.6. The number of rotatable bonds is 13. The van der Waals surface area contributed by atoms with Crippen molar-refractivity contribution in [3.8, 4) is 33.8 Å². The van der Waals surface area contributed by atoms with Gasteiger partial charge in [-0.15, -0.1) is 0 Å². The maximum Gasteiger partial charge on any atom is 0.407 e. The average Bonchev–Trinajstić information content (AvgIpc) is 4.10. The Morgan fingerprint density at radius 2 is 1.37 bits per heavy atom. The van der Waals surface area contributed by atoms with Crippen LogP contribution in [-0.2, 0) is 23.8 Å². The van der Waals surface area contributed by atoms with Crippen molar-refractivity contribution in [1.29, 1.82) is 0 Å². The molecule has 0 unspecified atom stereocenters. The van der Waals surface area contributed by atoms with Gasteiger partial charge in [-0.05, 0) is 56.2 Å². The molecule has 0 spiro atoms. The summed E-state index contributed by atoms with van der Waals surface area (Å²) in [6, 6.07) is 11.7. The summed E-state index contributed by atoms with van der Waals surface area (Å²) in [4.78, 5) is 80.4. The van der Waals surface area contributed by atoms with E-state index in [1.54, 1.807) is 28.4 Å². The lowest BCUT2D eigenvalue weighted by atomic mass is 10.0. The van der Waals surface area contributed by atoms with Gasteiger partial charge in [0.05, 0.1) is 79.6 Å². The number of carbonyl (C=O) groups excluding carboxylic acids is 4. The van der Waals surface area contributed by atoms with Crippen molar-refractivity contribution >= 4 is 35.0 Å². The summed E-state index contributed by atoms with van der Waals surface area (Å²) in [7, 11) is 2.54. The van der Waals surface area contributed by atoms with Crippen LogP contribution in [0.4, 0.5) is 9.59 Å². The summed E-state index contributed by atoms with van der Waals surface area (Å²) in [5.41, 5.74) is 6.50. The molecule has 2 saturated heterocycles. The summed E-state index contributed by atoms with van der Waals surface area (Å²) in [5.74, 6) is 0.854. The van der Waals surface area contributed by atoms with Gasteiger partial charge in [-0.2, -0.15) is 0 Å². The third-order valence-electron chi connectivity index (χ3n) is 10.9. The highest BCUT2D eigenvalue weighted by molar-refractivity contribution is 5.87. The van der Waals surface area contributed by atoms with E-state index in [-0.39, 0.29) is 36.4 Å². The minimum absolute atomic E-state index is 0.0452. The van der Waals surface area contributed by atoms with E-state index >= 15 is 0 Å². The van der Waals surface area contributed by atoms with Gasteiger partial charge in [0.25, 0.3) is 0 Å². The van der Waals surface area contributed by atoms with Gasteiger partial charge in [0.2, 0.25) is 11.8 Å². The zero-order valence-electron chi connectivity index (χ0n) is 33.9. The fraction of sp³-hybridized carbons (Fsp3) is 0.429. The highest BCUT2D eigenvalue weighted by Gasteiger charge is 2.38. The molecule has 3 aromatic heterocycles. The number of H-pyrrole nitrogens is 2. The van der Waals surface area contributed by atoms with Gasteiger partial charge in [0, 0.05) is 30.8 Å². The molecule has 0 saturated carbocycles. The van der Waals surface area contributed by atoms with Gasteiger partial charge < -0.3 is 44.6 Å². The van der Waals surface area contributed by atoms with Crippen molar-refractivity contribution < 1.29 is 33.4 Å². The van der Waals surface area contributed by atoms with Crippen molar-refractivity contribution in [3.05, 3.63) is 72.7 Å². The Hall–Kier alpha value is -6.36. The molecule has 59 heavy (non-hydrogen) atoms. The number of ether oxygens (including phenoxy) is 3. The number of hydrogen-bond acceptors (Lipinski definition) is 11. The van der Waals surface area contributed by atoms with Gasteiger partial charge in [-0.25, -0.2) is 19.6 Å². The predicted octanol–water partition coefficient (Wildman–Crippen LogP) is 5.55. The molecule has 17 heteroatoms. The lowest BCUT2D eigenvalue weighted by Gasteiger charge is -2.29. The molecular formula is C42H50N10O7. The molecule has 2 aliphatic heterocycles. The molecule has 2 aliphatic rings. The van der Waals surface area contributed by atoms with Gasteiger partial charge in [-0.1, -0.05) is 44.2 Å². The minimum atomic E-state index is -0.869. The van der Waals surface area contributed by atoms with Crippen LogP contribution in [-0.4, -0.2) is 116 Å². The summed E-state index contributed by atoms with van der Waals surface area (Å²) in [6.45, 7) is 7.19. The molecule has 17 nitrogen and oxygen atoms in total. The summed E-state index contributed by atoms with van der Waals surface area (Å²) in [5, 5.41) is 5.29.